The molecular formula is C10H10N5+. The molecule has 0 atom stereocenters. The summed E-state index contributed by atoms with van der Waals surface area (Å²) < 4.78 is 1.68. The Hall–Kier alpha value is -2.22. The van der Waals surface area contributed by atoms with Gasteiger partial charge in [0.1, 0.15) is 10.8 Å². The molecule has 0 aliphatic carbocycles. The van der Waals surface area contributed by atoms with Crippen LogP contribution < -0.4 is 4.68 Å². The van der Waals surface area contributed by atoms with Crippen molar-refractivity contribution in [3.63, 3.8) is 0 Å². The summed E-state index contributed by atoms with van der Waals surface area (Å²) >= 11 is 0. The third-order valence-electron chi connectivity index (χ3n) is 2.41. The highest BCUT2D eigenvalue weighted by Gasteiger charge is 2.10. The first-order chi connectivity index (χ1) is 7.22. The van der Waals surface area contributed by atoms with E-state index < -0.39 is 0 Å². The number of hydrogen-bond acceptors (Lipinski definition) is 3. The van der Waals surface area contributed by atoms with Crippen LogP contribution in [-0.2, 0) is 0 Å². The number of hydrogen-bond donors (Lipinski definition) is 1. The average molecular weight is 200 g/mol. The fourth-order valence-corrected chi connectivity index (χ4v) is 1.45. The number of nitrogens with zero attached hydrogens (tertiary/aromatic N) is 4. The molecule has 2 rings (SSSR count). The molecule has 1 aromatic carbocycles. The van der Waals surface area contributed by atoms with E-state index in [1.807, 2.05) is 26.0 Å². The maximum atomic E-state index is 8.87. The van der Waals surface area contributed by atoms with E-state index in [9.17, 15) is 0 Å². The van der Waals surface area contributed by atoms with Crippen LogP contribution in [0.2, 0.25) is 0 Å². The van der Waals surface area contributed by atoms with Gasteiger partial charge in [-0.3, -0.25) is 0 Å². The molecule has 0 aliphatic rings. The third-order valence-corrected chi connectivity index (χ3v) is 2.41. The lowest BCUT2D eigenvalue weighted by atomic mass is 10.0. The highest BCUT2D eigenvalue weighted by Crippen LogP contribution is 2.15. The van der Waals surface area contributed by atoms with E-state index >= 15 is 0 Å². The molecule has 5 nitrogen and oxygen atoms in total. The summed E-state index contributed by atoms with van der Waals surface area (Å²) in [5.41, 5.74) is 3.71. The molecule has 0 unspecified atom stereocenters. The van der Waals surface area contributed by atoms with Crippen molar-refractivity contribution in [2.45, 2.75) is 13.8 Å². The Morgan fingerprint density at radius 1 is 1.40 bits per heavy atom. The van der Waals surface area contributed by atoms with Gasteiger partial charge in [-0.05, 0) is 37.1 Å². The molecule has 0 spiro atoms. The molecule has 1 N–H and O–H groups in total. The van der Waals surface area contributed by atoms with E-state index in [0.29, 0.717) is 5.56 Å². The molecular weight excluding hydrogens is 190 g/mol. The van der Waals surface area contributed by atoms with Crippen molar-refractivity contribution >= 4 is 0 Å². The molecule has 0 saturated heterocycles. The van der Waals surface area contributed by atoms with Crippen molar-refractivity contribution in [3.8, 4) is 11.8 Å². The Labute approximate surface area is 87.0 Å². The second-order valence-electron chi connectivity index (χ2n) is 3.35. The lowest BCUT2D eigenvalue weighted by molar-refractivity contribution is -0.660. The molecule has 0 bridgehead atoms. The van der Waals surface area contributed by atoms with E-state index in [0.717, 1.165) is 16.8 Å². The summed E-state index contributed by atoms with van der Waals surface area (Å²) in [4.78, 5) is 0. The van der Waals surface area contributed by atoms with Gasteiger partial charge in [0.05, 0.1) is 11.6 Å². The largest absolute Gasteiger partial charge is 0.293 e. The fourth-order valence-electron chi connectivity index (χ4n) is 1.45. The number of tetrazole rings is 1. The fraction of sp³-hybridized carbons (Fsp3) is 0.200. The normalized spacial score (nSPS) is 9.93. The first kappa shape index (κ1) is 9.34. The van der Waals surface area contributed by atoms with E-state index in [1.54, 1.807) is 11.0 Å². The quantitative estimate of drug-likeness (QED) is 0.684. The Bertz CT molecular complexity index is 521. The lowest BCUT2D eigenvalue weighted by Crippen LogP contribution is -2.33. The minimum Gasteiger partial charge on any atom is -0.192 e. The number of H-pyrrole nitrogens is 1. The summed E-state index contributed by atoms with van der Waals surface area (Å²) in [5, 5.41) is 18.9. The number of nitrogens with one attached hydrogen (secondary N) is 1. The summed E-state index contributed by atoms with van der Waals surface area (Å²) in [6.45, 7) is 3.98. The number of aromatic nitrogens is 4. The summed E-state index contributed by atoms with van der Waals surface area (Å²) in [5.74, 6) is 0. The summed E-state index contributed by atoms with van der Waals surface area (Å²) in [6, 6.07) is 5.80. The van der Waals surface area contributed by atoms with Gasteiger partial charge in [-0.15, -0.1) is 4.68 Å². The van der Waals surface area contributed by atoms with Crippen LogP contribution >= 0.6 is 0 Å². The highest BCUT2D eigenvalue weighted by atomic mass is 15.5. The first-order valence-electron chi connectivity index (χ1n) is 4.52. The average Bonchev–Trinajstić information content (AvgIpc) is 2.75. The van der Waals surface area contributed by atoms with Crippen molar-refractivity contribution in [2.24, 2.45) is 0 Å². The Morgan fingerprint density at radius 3 is 2.80 bits per heavy atom. The first-order valence-corrected chi connectivity index (χ1v) is 4.52. The number of aromatic amines is 1. The lowest BCUT2D eigenvalue weighted by Gasteiger charge is -2.04. The molecule has 0 aliphatic heterocycles. The van der Waals surface area contributed by atoms with E-state index in [4.69, 9.17) is 5.26 Å². The van der Waals surface area contributed by atoms with Crippen molar-refractivity contribution in [2.75, 3.05) is 0 Å². The molecule has 74 valence electrons. The van der Waals surface area contributed by atoms with Crippen LogP contribution in [0.25, 0.3) is 5.69 Å². The Kier molecular flexibility index (Phi) is 2.18. The number of rotatable bonds is 1. The predicted octanol–water partition coefficient (Wildman–Crippen LogP) is 0.570. The van der Waals surface area contributed by atoms with Crippen LogP contribution in [0.4, 0.5) is 0 Å². The molecule has 0 saturated carbocycles. The van der Waals surface area contributed by atoms with E-state index in [1.165, 1.54) is 0 Å². The zero-order chi connectivity index (χ0) is 10.8. The smallest absolute Gasteiger partial charge is 0.192 e. The summed E-state index contributed by atoms with van der Waals surface area (Å²) in [6.07, 6.45) is 1.57. The van der Waals surface area contributed by atoms with Crippen LogP contribution in [0, 0.1) is 25.2 Å². The maximum Gasteiger partial charge on any atom is 0.293 e. The molecule has 0 radical (unpaired) electrons. The number of benzene rings is 1. The van der Waals surface area contributed by atoms with Crippen LogP contribution in [0.1, 0.15) is 16.7 Å². The molecule has 2 aromatic rings. The second-order valence-corrected chi connectivity index (χ2v) is 3.35. The van der Waals surface area contributed by atoms with Gasteiger partial charge in [-0.1, -0.05) is 5.21 Å². The molecule has 15 heavy (non-hydrogen) atoms. The molecule has 0 amide bonds. The van der Waals surface area contributed by atoms with Gasteiger partial charge in [0.25, 0.3) is 6.33 Å². The maximum absolute atomic E-state index is 8.87. The SMILES string of the molecule is Cc1cc(C#N)cc(-[n+]2cnn[nH]2)c1C. The van der Waals surface area contributed by atoms with Gasteiger partial charge >= 0.3 is 0 Å². The van der Waals surface area contributed by atoms with Crippen molar-refractivity contribution in [1.82, 2.24) is 15.5 Å². The van der Waals surface area contributed by atoms with Crippen LogP contribution in [-0.4, -0.2) is 15.5 Å². The molecule has 0 fully saturated rings. The zero-order valence-electron chi connectivity index (χ0n) is 8.52. The van der Waals surface area contributed by atoms with Crippen LogP contribution in [0.3, 0.4) is 0 Å². The van der Waals surface area contributed by atoms with Gasteiger partial charge < -0.3 is 0 Å². The standard InChI is InChI=1S/C10H9N5/c1-7-3-9(5-11)4-10(8(7)2)15-6-12-13-14-15/h3-4,6H,1-2H3/p+1. The van der Waals surface area contributed by atoms with Gasteiger partial charge in [-0.25, -0.2) is 0 Å². The minimum absolute atomic E-state index is 0.634. The third kappa shape index (κ3) is 1.57. The molecule has 1 aromatic heterocycles. The van der Waals surface area contributed by atoms with Crippen molar-refractivity contribution in [1.29, 1.82) is 5.26 Å². The van der Waals surface area contributed by atoms with Gasteiger partial charge in [0, 0.05) is 0 Å². The van der Waals surface area contributed by atoms with E-state index in [-0.39, 0.29) is 0 Å². The number of nitriles is 1. The van der Waals surface area contributed by atoms with Gasteiger partial charge in [-0.2, -0.15) is 5.26 Å². The minimum atomic E-state index is 0.634. The summed E-state index contributed by atoms with van der Waals surface area (Å²) in [7, 11) is 0. The Morgan fingerprint density at radius 2 is 2.20 bits per heavy atom. The monoisotopic (exact) mass is 200 g/mol. The van der Waals surface area contributed by atoms with Crippen LogP contribution in [0.15, 0.2) is 18.5 Å². The number of aryl methyl sites for hydroxylation is 1. The van der Waals surface area contributed by atoms with E-state index in [2.05, 4.69) is 21.6 Å². The van der Waals surface area contributed by atoms with Crippen LogP contribution in [0.5, 0.6) is 0 Å². The van der Waals surface area contributed by atoms with Gasteiger partial charge in [0.2, 0.25) is 0 Å². The molecule has 5 heteroatoms. The van der Waals surface area contributed by atoms with Crippen molar-refractivity contribution in [3.05, 3.63) is 35.2 Å². The molecule has 1 heterocycles. The van der Waals surface area contributed by atoms with Gasteiger partial charge in [0.15, 0.2) is 5.21 Å². The Balaban J connectivity index is 2.66. The predicted molar refractivity (Wildman–Crippen MR) is 52.1 cm³/mol. The highest BCUT2D eigenvalue weighted by molar-refractivity contribution is 5.46. The second kappa shape index (κ2) is 3.50. The van der Waals surface area contributed by atoms with Crippen molar-refractivity contribution < 1.29 is 4.68 Å². The zero-order valence-corrected chi connectivity index (χ0v) is 8.52. The topological polar surface area (TPSA) is 69.2 Å².